The molecular formula is C17H20N2O4. The number of primary amides is 1. The van der Waals surface area contributed by atoms with Crippen molar-refractivity contribution in [1.29, 1.82) is 0 Å². The molecule has 6 heteroatoms. The maximum absolute atomic E-state index is 12.0. The van der Waals surface area contributed by atoms with Crippen LogP contribution in [0.3, 0.4) is 0 Å². The van der Waals surface area contributed by atoms with Crippen LogP contribution in [0.1, 0.15) is 36.5 Å². The van der Waals surface area contributed by atoms with Crippen LogP contribution >= 0.6 is 0 Å². The van der Waals surface area contributed by atoms with Crippen molar-refractivity contribution in [2.24, 2.45) is 11.7 Å². The molecule has 0 aromatic heterocycles. The van der Waals surface area contributed by atoms with Gasteiger partial charge in [0.05, 0.1) is 6.42 Å². The smallest absolute Gasteiger partial charge is 0.307 e. The molecule has 0 saturated carbocycles. The predicted octanol–water partition coefficient (Wildman–Crippen LogP) is 2.01. The number of rotatable bonds is 6. The van der Waals surface area contributed by atoms with Crippen LogP contribution in [0.15, 0.2) is 36.4 Å². The molecule has 122 valence electrons. The number of nitrogens with one attached hydrogen (secondary N) is 1. The van der Waals surface area contributed by atoms with Gasteiger partial charge in [-0.1, -0.05) is 12.2 Å². The van der Waals surface area contributed by atoms with Gasteiger partial charge >= 0.3 is 5.97 Å². The highest BCUT2D eigenvalue weighted by Gasteiger charge is 2.21. The number of amides is 2. The Hall–Kier alpha value is -2.63. The molecule has 0 radical (unpaired) electrons. The molecule has 0 bridgehead atoms. The first-order chi connectivity index (χ1) is 11.0. The summed E-state index contributed by atoms with van der Waals surface area (Å²) in [6.07, 6.45) is 5.39. The molecule has 0 fully saturated rings. The summed E-state index contributed by atoms with van der Waals surface area (Å²) >= 11 is 0. The van der Waals surface area contributed by atoms with Crippen LogP contribution in [0, 0.1) is 5.92 Å². The molecule has 3 N–H and O–H groups in total. The second-order valence-corrected chi connectivity index (χ2v) is 5.53. The van der Waals surface area contributed by atoms with Gasteiger partial charge in [0.15, 0.2) is 6.10 Å². The Morgan fingerprint density at radius 1 is 1.30 bits per heavy atom. The normalized spacial score (nSPS) is 17.5. The Morgan fingerprint density at radius 2 is 2.00 bits per heavy atom. The molecule has 0 heterocycles. The molecule has 0 spiro atoms. The van der Waals surface area contributed by atoms with Crippen LogP contribution in [0.25, 0.3) is 0 Å². The van der Waals surface area contributed by atoms with Gasteiger partial charge < -0.3 is 15.8 Å². The van der Waals surface area contributed by atoms with E-state index in [0.717, 1.165) is 12.8 Å². The Bertz CT molecular complexity index is 622. The third-order valence-electron chi connectivity index (χ3n) is 3.66. The van der Waals surface area contributed by atoms with E-state index in [1.165, 1.54) is 19.1 Å². The van der Waals surface area contributed by atoms with Gasteiger partial charge in [-0.05, 0) is 49.9 Å². The number of nitrogens with two attached hydrogens (primary N) is 1. The highest BCUT2D eigenvalue weighted by molar-refractivity contribution is 5.96. The van der Waals surface area contributed by atoms with Crippen molar-refractivity contribution >= 4 is 23.5 Å². The minimum atomic E-state index is -0.885. The quantitative estimate of drug-likeness (QED) is 0.619. The number of hydrogen-bond acceptors (Lipinski definition) is 4. The van der Waals surface area contributed by atoms with Crippen molar-refractivity contribution in [1.82, 2.24) is 0 Å². The summed E-state index contributed by atoms with van der Waals surface area (Å²) in [5.74, 6) is -1.13. The van der Waals surface area contributed by atoms with E-state index in [4.69, 9.17) is 10.5 Å². The van der Waals surface area contributed by atoms with Crippen LogP contribution in [-0.2, 0) is 14.3 Å². The summed E-state index contributed by atoms with van der Waals surface area (Å²) in [5, 5.41) is 2.62. The highest BCUT2D eigenvalue weighted by atomic mass is 16.5. The number of allylic oxidation sites excluding steroid dienone is 2. The first-order valence-corrected chi connectivity index (χ1v) is 7.52. The van der Waals surface area contributed by atoms with Crippen molar-refractivity contribution < 1.29 is 19.1 Å². The lowest BCUT2D eigenvalue weighted by molar-refractivity contribution is -0.153. The first-order valence-electron chi connectivity index (χ1n) is 7.52. The summed E-state index contributed by atoms with van der Waals surface area (Å²) in [5.41, 5.74) is 6.00. The van der Waals surface area contributed by atoms with E-state index >= 15 is 0 Å². The Balaban J connectivity index is 1.83. The van der Waals surface area contributed by atoms with Crippen molar-refractivity contribution in [2.45, 2.75) is 32.3 Å². The van der Waals surface area contributed by atoms with Crippen molar-refractivity contribution in [3.63, 3.8) is 0 Å². The molecular weight excluding hydrogens is 296 g/mol. The van der Waals surface area contributed by atoms with Gasteiger partial charge in [0.25, 0.3) is 5.91 Å². The van der Waals surface area contributed by atoms with Crippen LogP contribution in [0.2, 0.25) is 0 Å². The van der Waals surface area contributed by atoms with Gasteiger partial charge in [-0.15, -0.1) is 0 Å². The molecule has 6 nitrogen and oxygen atoms in total. The maximum Gasteiger partial charge on any atom is 0.307 e. The van der Waals surface area contributed by atoms with E-state index in [1.807, 2.05) is 12.2 Å². The Labute approximate surface area is 134 Å². The zero-order valence-electron chi connectivity index (χ0n) is 13.0. The van der Waals surface area contributed by atoms with E-state index in [2.05, 4.69) is 5.32 Å². The minimum Gasteiger partial charge on any atom is -0.453 e. The lowest BCUT2D eigenvalue weighted by Gasteiger charge is -2.15. The average molecular weight is 316 g/mol. The van der Waals surface area contributed by atoms with Gasteiger partial charge in [-0.25, -0.2) is 0 Å². The van der Waals surface area contributed by atoms with Crippen LogP contribution in [-0.4, -0.2) is 23.9 Å². The summed E-state index contributed by atoms with van der Waals surface area (Å²) < 4.78 is 5.15. The molecule has 1 aromatic rings. The van der Waals surface area contributed by atoms with E-state index < -0.39 is 17.9 Å². The largest absolute Gasteiger partial charge is 0.453 e. The highest BCUT2D eigenvalue weighted by Crippen LogP contribution is 2.21. The third kappa shape index (κ3) is 4.95. The fraction of sp³-hybridized carbons (Fsp3) is 0.353. The number of carbonyl (C=O) groups excluding carboxylic acids is 3. The van der Waals surface area contributed by atoms with Gasteiger partial charge in [-0.3, -0.25) is 14.4 Å². The second-order valence-electron chi connectivity index (χ2n) is 5.53. The molecule has 2 atom stereocenters. The monoisotopic (exact) mass is 316 g/mol. The van der Waals surface area contributed by atoms with Gasteiger partial charge in [0.2, 0.25) is 5.91 Å². The zero-order valence-corrected chi connectivity index (χ0v) is 13.0. The average Bonchev–Trinajstić information content (AvgIpc) is 3.00. The van der Waals surface area contributed by atoms with Gasteiger partial charge in [0, 0.05) is 11.3 Å². The third-order valence-corrected chi connectivity index (χ3v) is 3.66. The van der Waals surface area contributed by atoms with Crippen molar-refractivity contribution in [3.8, 4) is 0 Å². The number of carbonyl (C=O) groups is 3. The topological polar surface area (TPSA) is 98.5 Å². The lowest BCUT2D eigenvalue weighted by Crippen LogP contribution is -2.30. The molecule has 0 unspecified atom stereocenters. The molecule has 2 rings (SSSR count). The number of benzene rings is 1. The number of anilines is 1. The van der Waals surface area contributed by atoms with Crippen molar-refractivity contribution in [2.75, 3.05) is 5.32 Å². The molecule has 2 amide bonds. The standard InChI is InChI=1S/C17H20N2O4/c1-11(23-15(20)10-12-4-2-3-5-12)17(22)19-14-8-6-13(7-9-14)16(18)21/h2,4,6-9,11-12H,3,5,10H2,1H3,(H2,18,21)(H,19,22)/t11-,12+/m1/s1. The predicted molar refractivity (Wildman–Crippen MR) is 85.6 cm³/mol. The van der Waals surface area contributed by atoms with Crippen molar-refractivity contribution in [3.05, 3.63) is 42.0 Å². The summed E-state index contributed by atoms with van der Waals surface area (Å²) in [7, 11) is 0. The van der Waals surface area contributed by atoms with E-state index in [1.54, 1.807) is 12.1 Å². The molecule has 23 heavy (non-hydrogen) atoms. The second kappa shape index (κ2) is 7.58. The SMILES string of the molecule is C[C@@H](OC(=O)C[C@H]1C=CCC1)C(=O)Nc1ccc(C(N)=O)cc1. The lowest BCUT2D eigenvalue weighted by atomic mass is 10.1. The Morgan fingerprint density at radius 3 is 2.57 bits per heavy atom. The zero-order chi connectivity index (χ0) is 16.8. The van der Waals surface area contributed by atoms with Crippen LogP contribution < -0.4 is 11.1 Å². The minimum absolute atomic E-state index is 0.208. The molecule has 1 aromatic carbocycles. The maximum atomic E-state index is 12.0. The van der Waals surface area contributed by atoms with Gasteiger partial charge in [0.1, 0.15) is 0 Å². The van der Waals surface area contributed by atoms with Crippen LogP contribution in [0.5, 0.6) is 0 Å². The van der Waals surface area contributed by atoms with Crippen LogP contribution in [0.4, 0.5) is 5.69 Å². The van der Waals surface area contributed by atoms with E-state index in [9.17, 15) is 14.4 Å². The fourth-order valence-corrected chi connectivity index (χ4v) is 2.34. The number of ether oxygens (including phenoxy) is 1. The fourth-order valence-electron chi connectivity index (χ4n) is 2.34. The molecule has 0 aliphatic heterocycles. The summed E-state index contributed by atoms with van der Waals surface area (Å²) in [6, 6.07) is 6.16. The van der Waals surface area contributed by atoms with E-state index in [-0.39, 0.29) is 11.9 Å². The summed E-state index contributed by atoms with van der Waals surface area (Å²) in [6.45, 7) is 1.52. The molecule has 1 aliphatic carbocycles. The first kappa shape index (κ1) is 16.7. The summed E-state index contributed by atoms with van der Waals surface area (Å²) in [4.78, 5) is 34.8. The molecule has 1 aliphatic rings. The number of esters is 1. The molecule has 0 saturated heterocycles. The van der Waals surface area contributed by atoms with E-state index in [0.29, 0.717) is 17.7 Å². The van der Waals surface area contributed by atoms with Gasteiger partial charge in [-0.2, -0.15) is 0 Å². The Kier molecular flexibility index (Phi) is 5.51. The number of hydrogen-bond donors (Lipinski definition) is 2.